The zero-order valence-corrected chi connectivity index (χ0v) is 8.12. The average Bonchev–Trinajstić information content (AvgIpc) is 2.11. The summed E-state index contributed by atoms with van der Waals surface area (Å²) < 4.78 is 18.2. The van der Waals surface area contributed by atoms with Crippen LogP contribution in [-0.4, -0.2) is 23.8 Å². The summed E-state index contributed by atoms with van der Waals surface area (Å²) in [4.78, 5) is 0. The van der Waals surface area contributed by atoms with Gasteiger partial charge in [0.25, 0.3) is 0 Å². The fraction of sp³-hybridized carbons (Fsp3) is 0.333. The van der Waals surface area contributed by atoms with E-state index in [2.05, 4.69) is 0 Å². The molecule has 1 aromatic rings. The molecule has 0 atom stereocenters. The van der Waals surface area contributed by atoms with E-state index in [0.29, 0.717) is 12.2 Å². The molecule has 0 aliphatic carbocycles. The maximum atomic E-state index is 13.1. The van der Waals surface area contributed by atoms with E-state index in [0.717, 1.165) is 6.07 Å². The number of ether oxygens (including phenoxy) is 1. The zero-order chi connectivity index (χ0) is 10.7. The molecule has 14 heavy (non-hydrogen) atoms. The Morgan fingerprint density at radius 1 is 1.43 bits per heavy atom. The standard InChI is InChI=1S/C9H12BFO3/c1-3-14-9-5-8(11)6(2)4-7(9)10(12)13/h4-5,12-13H,3H2,1-2H3. The first-order valence-corrected chi connectivity index (χ1v) is 4.35. The second-order valence-corrected chi connectivity index (χ2v) is 2.95. The third kappa shape index (κ3) is 2.24. The van der Waals surface area contributed by atoms with Crippen LogP contribution in [0, 0.1) is 12.7 Å². The number of hydrogen-bond donors (Lipinski definition) is 2. The Morgan fingerprint density at radius 3 is 2.57 bits per heavy atom. The molecular weight excluding hydrogens is 186 g/mol. The summed E-state index contributed by atoms with van der Waals surface area (Å²) in [5.74, 6) is -0.247. The molecule has 0 saturated carbocycles. The molecule has 0 unspecified atom stereocenters. The van der Waals surface area contributed by atoms with Crippen LogP contribution in [0.1, 0.15) is 12.5 Å². The van der Waals surface area contributed by atoms with Crippen LogP contribution in [0.5, 0.6) is 5.75 Å². The quantitative estimate of drug-likeness (QED) is 0.682. The highest BCUT2D eigenvalue weighted by molar-refractivity contribution is 6.59. The van der Waals surface area contributed by atoms with Crippen LogP contribution >= 0.6 is 0 Å². The van der Waals surface area contributed by atoms with E-state index in [-0.39, 0.29) is 11.2 Å². The van der Waals surface area contributed by atoms with Gasteiger partial charge in [-0.15, -0.1) is 0 Å². The van der Waals surface area contributed by atoms with Crippen LogP contribution in [-0.2, 0) is 0 Å². The van der Waals surface area contributed by atoms with Gasteiger partial charge in [0.2, 0.25) is 0 Å². The van der Waals surface area contributed by atoms with Crippen molar-refractivity contribution >= 4 is 12.6 Å². The Bertz CT molecular complexity index is 328. The molecular formula is C9H12BFO3. The second kappa shape index (κ2) is 4.44. The van der Waals surface area contributed by atoms with Gasteiger partial charge in [-0.25, -0.2) is 4.39 Å². The number of rotatable bonds is 3. The maximum absolute atomic E-state index is 13.1. The van der Waals surface area contributed by atoms with Gasteiger partial charge in [0.1, 0.15) is 11.6 Å². The van der Waals surface area contributed by atoms with Gasteiger partial charge >= 0.3 is 7.12 Å². The predicted molar refractivity (Wildman–Crippen MR) is 52.1 cm³/mol. The van der Waals surface area contributed by atoms with Crippen molar-refractivity contribution in [3.05, 3.63) is 23.5 Å². The highest BCUT2D eigenvalue weighted by Crippen LogP contribution is 2.14. The summed E-state index contributed by atoms with van der Waals surface area (Å²) in [6.07, 6.45) is 0. The Morgan fingerprint density at radius 2 is 2.07 bits per heavy atom. The number of aryl methyl sites for hydroxylation is 1. The molecule has 3 nitrogen and oxygen atoms in total. The summed E-state index contributed by atoms with van der Waals surface area (Å²) in [5, 5.41) is 18.0. The zero-order valence-electron chi connectivity index (χ0n) is 8.12. The minimum atomic E-state index is -1.64. The van der Waals surface area contributed by atoms with E-state index in [4.69, 9.17) is 14.8 Å². The van der Waals surface area contributed by atoms with Crippen molar-refractivity contribution in [3.63, 3.8) is 0 Å². The lowest BCUT2D eigenvalue weighted by Crippen LogP contribution is -2.32. The van der Waals surface area contributed by atoms with Gasteiger partial charge in [0, 0.05) is 11.5 Å². The van der Waals surface area contributed by atoms with E-state index in [9.17, 15) is 4.39 Å². The van der Waals surface area contributed by atoms with E-state index in [1.54, 1.807) is 13.8 Å². The van der Waals surface area contributed by atoms with E-state index in [1.807, 2.05) is 0 Å². The fourth-order valence-electron chi connectivity index (χ4n) is 1.17. The minimum absolute atomic E-state index is 0.172. The normalized spacial score (nSPS) is 10.1. The number of hydrogen-bond acceptors (Lipinski definition) is 3. The van der Waals surface area contributed by atoms with E-state index in [1.165, 1.54) is 6.07 Å². The van der Waals surface area contributed by atoms with Crippen molar-refractivity contribution in [2.75, 3.05) is 6.61 Å². The van der Waals surface area contributed by atoms with E-state index >= 15 is 0 Å². The van der Waals surface area contributed by atoms with Crippen molar-refractivity contribution in [1.29, 1.82) is 0 Å². The highest BCUT2D eigenvalue weighted by Gasteiger charge is 2.18. The molecule has 0 aliphatic heterocycles. The number of benzene rings is 1. The molecule has 5 heteroatoms. The molecule has 0 bridgehead atoms. The molecule has 76 valence electrons. The molecule has 0 saturated heterocycles. The maximum Gasteiger partial charge on any atom is 0.492 e. The van der Waals surface area contributed by atoms with Crippen molar-refractivity contribution in [2.24, 2.45) is 0 Å². The van der Waals surface area contributed by atoms with Crippen LogP contribution in [0.25, 0.3) is 0 Å². The van der Waals surface area contributed by atoms with Crippen LogP contribution in [0.4, 0.5) is 4.39 Å². The molecule has 0 amide bonds. The average molecular weight is 198 g/mol. The lowest BCUT2D eigenvalue weighted by Gasteiger charge is -2.10. The van der Waals surface area contributed by atoms with Crippen molar-refractivity contribution in [2.45, 2.75) is 13.8 Å². The SMILES string of the molecule is CCOc1cc(F)c(C)cc1B(O)O. The van der Waals surface area contributed by atoms with Gasteiger partial charge in [-0.2, -0.15) is 0 Å². The first kappa shape index (κ1) is 11.0. The summed E-state index contributed by atoms with van der Waals surface area (Å²) in [6, 6.07) is 2.53. The van der Waals surface area contributed by atoms with Gasteiger partial charge in [-0.05, 0) is 19.4 Å². The summed E-state index contributed by atoms with van der Waals surface area (Å²) >= 11 is 0. The Kier molecular flexibility index (Phi) is 3.49. The topological polar surface area (TPSA) is 49.7 Å². The van der Waals surface area contributed by atoms with Crippen molar-refractivity contribution < 1.29 is 19.2 Å². The Hall–Kier alpha value is -1.07. The van der Waals surface area contributed by atoms with Crippen LogP contribution < -0.4 is 10.2 Å². The summed E-state index contributed by atoms with van der Waals surface area (Å²) in [5.41, 5.74) is 0.544. The first-order valence-electron chi connectivity index (χ1n) is 4.35. The Balaban J connectivity index is 3.17. The molecule has 0 heterocycles. The summed E-state index contributed by atoms with van der Waals surface area (Å²) in [6.45, 7) is 3.64. The lowest BCUT2D eigenvalue weighted by molar-refractivity contribution is 0.338. The lowest BCUT2D eigenvalue weighted by atomic mass is 9.78. The molecule has 0 aliphatic rings. The van der Waals surface area contributed by atoms with Crippen LogP contribution in [0.2, 0.25) is 0 Å². The largest absolute Gasteiger partial charge is 0.494 e. The molecule has 0 aromatic heterocycles. The first-order chi connectivity index (χ1) is 6.56. The molecule has 2 N–H and O–H groups in total. The highest BCUT2D eigenvalue weighted by atomic mass is 19.1. The minimum Gasteiger partial charge on any atom is -0.494 e. The second-order valence-electron chi connectivity index (χ2n) is 2.95. The third-order valence-electron chi connectivity index (χ3n) is 1.87. The molecule has 1 aromatic carbocycles. The van der Waals surface area contributed by atoms with Gasteiger partial charge in [-0.3, -0.25) is 0 Å². The van der Waals surface area contributed by atoms with Crippen LogP contribution in [0.3, 0.4) is 0 Å². The number of halogens is 1. The van der Waals surface area contributed by atoms with Crippen molar-refractivity contribution in [1.82, 2.24) is 0 Å². The van der Waals surface area contributed by atoms with Crippen molar-refractivity contribution in [3.8, 4) is 5.75 Å². The smallest absolute Gasteiger partial charge is 0.492 e. The Labute approximate surface area is 82.3 Å². The monoisotopic (exact) mass is 198 g/mol. The fourth-order valence-corrected chi connectivity index (χ4v) is 1.17. The molecule has 0 radical (unpaired) electrons. The molecule has 0 spiro atoms. The third-order valence-corrected chi connectivity index (χ3v) is 1.87. The summed E-state index contributed by atoms with van der Waals surface area (Å²) in [7, 11) is -1.64. The van der Waals surface area contributed by atoms with Crippen LogP contribution in [0.15, 0.2) is 12.1 Å². The van der Waals surface area contributed by atoms with Gasteiger partial charge in [0.05, 0.1) is 6.61 Å². The van der Waals surface area contributed by atoms with Gasteiger partial charge < -0.3 is 14.8 Å². The molecule has 0 fully saturated rings. The van der Waals surface area contributed by atoms with E-state index < -0.39 is 12.9 Å². The predicted octanol–water partition coefficient (Wildman–Crippen LogP) is 0.213. The van der Waals surface area contributed by atoms with Gasteiger partial charge in [-0.1, -0.05) is 6.07 Å². The molecule has 1 rings (SSSR count). The van der Waals surface area contributed by atoms with Gasteiger partial charge in [0.15, 0.2) is 0 Å².